The zero-order chi connectivity index (χ0) is 13.5. The second-order valence-electron chi connectivity index (χ2n) is 4.27. The third-order valence-corrected chi connectivity index (χ3v) is 2.77. The van der Waals surface area contributed by atoms with Crippen molar-refractivity contribution in [3.8, 4) is 11.4 Å². The number of carbonyl (C=O) groups excluding carboxylic acids is 1. The van der Waals surface area contributed by atoms with Crippen LogP contribution in [0.25, 0.3) is 11.4 Å². The largest absolute Gasteiger partial charge is 0.345 e. The van der Waals surface area contributed by atoms with Crippen molar-refractivity contribution < 1.29 is 4.79 Å². The molecule has 1 aromatic carbocycles. The van der Waals surface area contributed by atoms with E-state index in [0.717, 1.165) is 30.0 Å². The lowest BCUT2D eigenvalue weighted by molar-refractivity contribution is -0.116. The van der Waals surface area contributed by atoms with Gasteiger partial charge in [-0.3, -0.25) is 4.79 Å². The highest BCUT2D eigenvalue weighted by Crippen LogP contribution is 2.17. The Hall–Kier alpha value is -2.14. The lowest BCUT2D eigenvalue weighted by atomic mass is 10.2. The second-order valence-corrected chi connectivity index (χ2v) is 4.27. The topological polar surface area (TPSA) is 69.8 Å². The number of nitrogens with one attached hydrogen (secondary N) is 3. The van der Waals surface area contributed by atoms with Crippen molar-refractivity contribution in [2.45, 2.75) is 12.8 Å². The van der Waals surface area contributed by atoms with E-state index in [1.807, 2.05) is 31.3 Å². The second kappa shape index (κ2) is 6.70. The normalized spacial score (nSPS) is 10.4. The monoisotopic (exact) mass is 258 g/mol. The summed E-state index contributed by atoms with van der Waals surface area (Å²) in [6.45, 7) is 0.852. The number of benzene rings is 1. The molecule has 3 N–H and O–H groups in total. The van der Waals surface area contributed by atoms with E-state index in [4.69, 9.17) is 0 Å². The van der Waals surface area contributed by atoms with Crippen LogP contribution in [0.15, 0.2) is 36.7 Å². The molecule has 0 bridgehead atoms. The summed E-state index contributed by atoms with van der Waals surface area (Å²) in [5.74, 6) is 0.868. The van der Waals surface area contributed by atoms with Crippen molar-refractivity contribution in [2.75, 3.05) is 18.9 Å². The summed E-state index contributed by atoms with van der Waals surface area (Å²) in [5, 5.41) is 5.90. The van der Waals surface area contributed by atoms with Gasteiger partial charge in [-0.1, -0.05) is 0 Å². The maximum Gasteiger partial charge on any atom is 0.224 e. The number of hydrogen-bond donors (Lipinski definition) is 3. The number of nitrogens with zero attached hydrogens (tertiary/aromatic N) is 1. The molecule has 5 heteroatoms. The van der Waals surface area contributed by atoms with Gasteiger partial charge in [0.15, 0.2) is 0 Å². The molecule has 1 aromatic heterocycles. The molecule has 2 aromatic rings. The standard InChI is InChI=1S/C14H18N4O/c1-15-8-2-3-13(19)18-12-6-4-11(5-7-12)14-16-9-10-17-14/h4-7,9-10,15H,2-3,8H2,1H3,(H,16,17)(H,18,19). The number of hydrogen-bond acceptors (Lipinski definition) is 3. The molecule has 0 radical (unpaired) electrons. The van der Waals surface area contributed by atoms with Crippen LogP contribution >= 0.6 is 0 Å². The van der Waals surface area contributed by atoms with Gasteiger partial charge in [0, 0.05) is 30.1 Å². The molecule has 0 aliphatic carbocycles. The summed E-state index contributed by atoms with van der Waals surface area (Å²) in [6.07, 6.45) is 4.87. The van der Waals surface area contributed by atoms with Crippen LogP contribution in [0, 0.1) is 0 Å². The fourth-order valence-electron chi connectivity index (χ4n) is 1.78. The Morgan fingerprint density at radius 2 is 2.11 bits per heavy atom. The highest BCUT2D eigenvalue weighted by Gasteiger charge is 2.03. The summed E-state index contributed by atoms with van der Waals surface area (Å²) >= 11 is 0. The molecule has 5 nitrogen and oxygen atoms in total. The minimum absolute atomic E-state index is 0.0426. The van der Waals surface area contributed by atoms with Gasteiger partial charge in [0.05, 0.1) is 0 Å². The van der Waals surface area contributed by atoms with Gasteiger partial charge in [-0.15, -0.1) is 0 Å². The highest BCUT2D eigenvalue weighted by molar-refractivity contribution is 5.90. The molecule has 100 valence electrons. The van der Waals surface area contributed by atoms with Gasteiger partial charge in [-0.2, -0.15) is 0 Å². The van der Waals surface area contributed by atoms with Crippen LogP contribution in [0.5, 0.6) is 0 Å². The number of imidazole rings is 1. The van der Waals surface area contributed by atoms with Gasteiger partial charge >= 0.3 is 0 Å². The van der Waals surface area contributed by atoms with Crippen molar-refractivity contribution in [3.05, 3.63) is 36.7 Å². The van der Waals surface area contributed by atoms with Crippen molar-refractivity contribution in [1.29, 1.82) is 0 Å². The van der Waals surface area contributed by atoms with E-state index >= 15 is 0 Å². The summed E-state index contributed by atoms with van der Waals surface area (Å²) in [5.41, 5.74) is 1.81. The zero-order valence-electron chi connectivity index (χ0n) is 10.9. The number of rotatable bonds is 6. The molecule has 0 spiro atoms. The fourth-order valence-corrected chi connectivity index (χ4v) is 1.78. The van der Waals surface area contributed by atoms with Crippen molar-refractivity contribution in [2.24, 2.45) is 0 Å². The Bertz CT molecular complexity index is 505. The number of amides is 1. The first kappa shape index (κ1) is 13.3. The van der Waals surface area contributed by atoms with Gasteiger partial charge in [0.25, 0.3) is 0 Å². The van der Waals surface area contributed by atoms with E-state index in [1.165, 1.54) is 0 Å². The van der Waals surface area contributed by atoms with Gasteiger partial charge in [0.1, 0.15) is 5.82 Å². The van der Waals surface area contributed by atoms with Gasteiger partial charge in [-0.05, 0) is 44.3 Å². The van der Waals surface area contributed by atoms with Gasteiger partial charge in [0.2, 0.25) is 5.91 Å². The third-order valence-electron chi connectivity index (χ3n) is 2.77. The van der Waals surface area contributed by atoms with E-state index in [2.05, 4.69) is 20.6 Å². The lowest BCUT2D eigenvalue weighted by Crippen LogP contribution is -2.15. The summed E-state index contributed by atoms with van der Waals surface area (Å²) in [6, 6.07) is 7.63. The highest BCUT2D eigenvalue weighted by atomic mass is 16.1. The van der Waals surface area contributed by atoms with Gasteiger partial charge in [-0.25, -0.2) is 4.98 Å². The fraction of sp³-hybridized carbons (Fsp3) is 0.286. The van der Waals surface area contributed by atoms with Crippen molar-refractivity contribution in [1.82, 2.24) is 15.3 Å². The Morgan fingerprint density at radius 1 is 1.32 bits per heavy atom. The number of aromatic amines is 1. The molecule has 0 aliphatic rings. The molecule has 1 amide bonds. The Kier molecular flexibility index (Phi) is 4.69. The smallest absolute Gasteiger partial charge is 0.224 e. The number of anilines is 1. The Balaban J connectivity index is 1.90. The van der Waals surface area contributed by atoms with Crippen molar-refractivity contribution >= 4 is 11.6 Å². The molecule has 0 unspecified atom stereocenters. The molecule has 0 aliphatic heterocycles. The maximum atomic E-state index is 11.6. The minimum Gasteiger partial charge on any atom is -0.345 e. The molecule has 0 atom stereocenters. The third kappa shape index (κ3) is 3.93. The molecule has 19 heavy (non-hydrogen) atoms. The molecule has 0 fully saturated rings. The quantitative estimate of drug-likeness (QED) is 0.694. The number of aromatic nitrogens is 2. The average molecular weight is 258 g/mol. The average Bonchev–Trinajstić information content (AvgIpc) is 2.94. The van der Waals surface area contributed by atoms with E-state index in [9.17, 15) is 4.79 Å². The van der Waals surface area contributed by atoms with E-state index in [1.54, 1.807) is 12.4 Å². The number of carbonyl (C=O) groups is 1. The van der Waals surface area contributed by atoms with Crippen LogP contribution in [0.2, 0.25) is 0 Å². The summed E-state index contributed by atoms with van der Waals surface area (Å²) < 4.78 is 0. The predicted octanol–water partition coefficient (Wildman–Crippen LogP) is 2.01. The predicted molar refractivity (Wildman–Crippen MR) is 75.8 cm³/mol. The maximum absolute atomic E-state index is 11.6. The SMILES string of the molecule is CNCCCC(=O)Nc1ccc(-c2ncc[nH]2)cc1. The van der Waals surface area contributed by atoms with Gasteiger partial charge < -0.3 is 15.6 Å². The summed E-state index contributed by atoms with van der Waals surface area (Å²) in [7, 11) is 1.88. The first-order valence-electron chi connectivity index (χ1n) is 6.34. The molecule has 0 saturated carbocycles. The van der Waals surface area contributed by atoms with E-state index in [-0.39, 0.29) is 5.91 Å². The Labute approximate surface area is 112 Å². The first-order chi connectivity index (χ1) is 9.29. The van der Waals surface area contributed by atoms with E-state index in [0.29, 0.717) is 6.42 Å². The molecular weight excluding hydrogens is 240 g/mol. The van der Waals surface area contributed by atoms with E-state index < -0.39 is 0 Å². The van der Waals surface area contributed by atoms with Crippen molar-refractivity contribution in [3.63, 3.8) is 0 Å². The minimum atomic E-state index is 0.0426. The van der Waals surface area contributed by atoms with Crippen LogP contribution in [-0.2, 0) is 4.79 Å². The molecule has 0 saturated heterocycles. The Morgan fingerprint density at radius 3 is 2.74 bits per heavy atom. The lowest BCUT2D eigenvalue weighted by Gasteiger charge is -2.05. The molecular formula is C14H18N4O. The molecule has 1 heterocycles. The van der Waals surface area contributed by atoms with Crippen LogP contribution in [0.4, 0.5) is 5.69 Å². The number of H-pyrrole nitrogens is 1. The first-order valence-corrected chi connectivity index (χ1v) is 6.34. The van der Waals surface area contributed by atoms with Crippen LogP contribution in [-0.4, -0.2) is 29.5 Å². The van der Waals surface area contributed by atoms with Crippen LogP contribution in [0.1, 0.15) is 12.8 Å². The molecule has 2 rings (SSSR count). The van der Waals surface area contributed by atoms with Crippen LogP contribution in [0.3, 0.4) is 0 Å². The zero-order valence-corrected chi connectivity index (χ0v) is 10.9. The summed E-state index contributed by atoms with van der Waals surface area (Å²) in [4.78, 5) is 18.9. The van der Waals surface area contributed by atoms with Crippen LogP contribution < -0.4 is 10.6 Å².